The summed E-state index contributed by atoms with van der Waals surface area (Å²) in [6, 6.07) is 25.6. The normalized spacial score (nSPS) is 11.9. The number of nitrogens with one attached hydrogen (secondary N) is 1. The van der Waals surface area contributed by atoms with Crippen molar-refractivity contribution >= 4 is 27.5 Å². The second-order valence-electron chi connectivity index (χ2n) is 11.5. The number of hydrogen-bond acceptors (Lipinski definition) is 5. The van der Waals surface area contributed by atoms with Gasteiger partial charge in [-0.1, -0.05) is 85.6 Å². The van der Waals surface area contributed by atoms with E-state index in [9.17, 15) is 18.0 Å². The third-order valence-electron chi connectivity index (χ3n) is 7.89. The van der Waals surface area contributed by atoms with Crippen LogP contribution in [0, 0.1) is 19.7 Å². The first-order valence-electron chi connectivity index (χ1n) is 15.6. The fraction of sp³-hybridized carbons (Fsp3) is 0.297. The Balaban J connectivity index is 1.85. The number of carbonyl (C=O) groups excluding carboxylic acids is 2. The van der Waals surface area contributed by atoms with Gasteiger partial charge in [0.25, 0.3) is 10.0 Å². The van der Waals surface area contributed by atoms with E-state index in [4.69, 9.17) is 4.74 Å². The highest BCUT2D eigenvalue weighted by Gasteiger charge is 2.36. The molecule has 2 amide bonds. The lowest BCUT2D eigenvalue weighted by atomic mass is 10.0. The number of sulfonamides is 1. The molecule has 4 aromatic carbocycles. The Kier molecular flexibility index (Phi) is 12.1. The molecule has 0 fully saturated rings. The van der Waals surface area contributed by atoms with Crippen LogP contribution in [0.2, 0.25) is 0 Å². The lowest BCUT2D eigenvalue weighted by Crippen LogP contribution is -2.53. The van der Waals surface area contributed by atoms with Gasteiger partial charge in [-0.2, -0.15) is 0 Å². The van der Waals surface area contributed by atoms with Gasteiger partial charge in [-0.15, -0.1) is 0 Å². The number of hydrogen-bond donors (Lipinski definition) is 1. The second-order valence-corrected chi connectivity index (χ2v) is 13.3. The van der Waals surface area contributed by atoms with Gasteiger partial charge in [0.2, 0.25) is 11.8 Å². The molecule has 0 bridgehead atoms. The van der Waals surface area contributed by atoms with Crippen LogP contribution in [0.4, 0.5) is 10.1 Å². The number of benzene rings is 4. The van der Waals surface area contributed by atoms with Crippen molar-refractivity contribution in [3.63, 3.8) is 0 Å². The van der Waals surface area contributed by atoms with Crippen LogP contribution in [0.3, 0.4) is 0 Å². The average molecular weight is 660 g/mol. The van der Waals surface area contributed by atoms with Gasteiger partial charge < -0.3 is 15.0 Å². The number of ether oxygens (including phenoxy) is 1. The van der Waals surface area contributed by atoms with Gasteiger partial charge in [0.1, 0.15) is 24.2 Å². The van der Waals surface area contributed by atoms with Gasteiger partial charge in [0.05, 0.1) is 17.7 Å². The van der Waals surface area contributed by atoms with Crippen molar-refractivity contribution in [1.82, 2.24) is 10.2 Å². The maximum absolute atomic E-state index is 15.1. The Morgan fingerprint density at radius 3 is 2.21 bits per heavy atom. The number of amides is 2. The van der Waals surface area contributed by atoms with Crippen molar-refractivity contribution in [2.45, 2.75) is 57.5 Å². The molecule has 10 heteroatoms. The Morgan fingerprint density at radius 1 is 0.894 bits per heavy atom. The van der Waals surface area contributed by atoms with Crippen LogP contribution in [-0.2, 0) is 32.6 Å². The lowest BCUT2D eigenvalue weighted by Gasteiger charge is -2.34. The Morgan fingerprint density at radius 2 is 1.55 bits per heavy atom. The van der Waals surface area contributed by atoms with Crippen LogP contribution in [0.15, 0.2) is 102 Å². The number of nitrogens with zero attached hydrogens (tertiary/aromatic N) is 2. The van der Waals surface area contributed by atoms with E-state index < -0.39 is 40.2 Å². The predicted octanol–water partition coefficient (Wildman–Crippen LogP) is 6.20. The highest BCUT2D eigenvalue weighted by Crippen LogP contribution is 2.34. The Bertz CT molecular complexity index is 1760. The molecule has 0 saturated heterocycles. The summed E-state index contributed by atoms with van der Waals surface area (Å²) in [5.41, 5.74) is 2.77. The molecular weight excluding hydrogens is 617 g/mol. The van der Waals surface area contributed by atoms with E-state index in [2.05, 4.69) is 5.32 Å². The topological polar surface area (TPSA) is 96.0 Å². The third-order valence-corrected chi connectivity index (χ3v) is 9.66. The van der Waals surface area contributed by atoms with Crippen LogP contribution in [0.5, 0.6) is 5.75 Å². The fourth-order valence-electron chi connectivity index (χ4n) is 5.22. The molecule has 4 aromatic rings. The summed E-state index contributed by atoms with van der Waals surface area (Å²) in [4.78, 5) is 29.7. The van der Waals surface area contributed by atoms with Crippen molar-refractivity contribution in [1.29, 1.82) is 0 Å². The first-order chi connectivity index (χ1) is 22.5. The summed E-state index contributed by atoms with van der Waals surface area (Å²) in [6.45, 7) is 5.13. The predicted molar refractivity (Wildman–Crippen MR) is 182 cm³/mol. The van der Waals surface area contributed by atoms with Crippen molar-refractivity contribution in [3.05, 3.63) is 125 Å². The van der Waals surface area contributed by atoms with Crippen LogP contribution >= 0.6 is 0 Å². The number of methoxy groups -OCH3 is 1. The monoisotopic (exact) mass is 659 g/mol. The quantitative estimate of drug-likeness (QED) is 0.153. The van der Waals surface area contributed by atoms with Crippen LogP contribution in [0.1, 0.15) is 42.0 Å². The molecule has 0 radical (unpaired) electrons. The summed E-state index contributed by atoms with van der Waals surface area (Å²) >= 11 is 0. The minimum atomic E-state index is -4.32. The van der Waals surface area contributed by atoms with Gasteiger partial charge in [-0.05, 0) is 61.7 Å². The molecule has 0 aliphatic rings. The van der Waals surface area contributed by atoms with E-state index in [0.717, 1.165) is 33.8 Å². The minimum absolute atomic E-state index is 0.0155. The van der Waals surface area contributed by atoms with Gasteiger partial charge >= 0.3 is 0 Å². The number of halogens is 1. The lowest BCUT2D eigenvalue weighted by molar-refractivity contribution is -0.140. The standard InChI is InChI=1S/C37H42FN3O5S/c1-5-6-22-39-37(43)34(24-29-12-8-7-9-13-29)40(25-30-14-10-11-15-32(30)38)36(42)26-41(33-23-28(3)18-21-35(33)46-4)47(44,45)31-19-16-27(2)17-20-31/h7-21,23,34H,5-6,22,24-26H2,1-4H3,(H,39,43). The summed E-state index contributed by atoms with van der Waals surface area (Å²) in [5.74, 6) is -1.38. The highest BCUT2D eigenvalue weighted by molar-refractivity contribution is 7.92. The van der Waals surface area contributed by atoms with E-state index in [0.29, 0.717) is 6.54 Å². The van der Waals surface area contributed by atoms with Crippen molar-refractivity contribution in [2.75, 3.05) is 24.5 Å². The van der Waals surface area contributed by atoms with Crippen molar-refractivity contribution in [3.8, 4) is 5.75 Å². The largest absolute Gasteiger partial charge is 0.495 e. The highest BCUT2D eigenvalue weighted by atomic mass is 32.2. The summed E-state index contributed by atoms with van der Waals surface area (Å²) in [7, 11) is -2.90. The number of anilines is 1. The molecule has 0 saturated carbocycles. The van der Waals surface area contributed by atoms with E-state index in [-0.39, 0.29) is 34.9 Å². The van der Waals surface area contributed by atoms with Crippen LogP contribution in [0.25, 0.3) is 0 Å². The molecule has 1 atom stereocenters. The summed E-state index contributed by atoms with van der Waals surface area (Å²) in [6.07, 6.45) is 1.73. The molecule has 47 heavy (non-hydrogen) atoms. The zero-order valence-electron chi connectivity index (χ0n) is 27.3. The molecule has 1 unspecified atom stereocenters. The SMILES string of the molecule is CCCCNC(=O)C(Cc1ccccc1)N(Cc1ccccc1F)C(=O)CN(c1cc(C)ccc1OC)S(=O)(=O)c1ccc(C)cc1. The molecule has 4 rings (SSSR count). The number of carbonyl (C=O) groups is 2. The van der Waals surface area contributed by atoms with E-state index in [1.807, 2.05) is 51.1 Å². The zero-order chi connectivity index (χ0) is 34.0. The summed E-state index contributed by atoms with van der Waals surface area (Å²) < 4.78 is 50.3. The first-order valence-corrected chi connectivity index (χ1v) is 17.1. The van der Waals surface area contributed by atoms with Gasteiger partial charge in [0.15, 0.2) is 0 Å². The molecule has 0 aliphatic heterocycles. The minimum Gasteiger partial charge on any atom is -0.495 e. The van der Waals surface area contributed by atoms with Gasteiger partial charge in [-0.25, -0.2) is 12.8 Å². The van der Waals surface area contributed by atoms with Gasteiger partial charge in [-0.3, -0.25) is 13.9 Å². The van der Waals surface area contributed by atoms with E-state index >= 15 is 4.39 Å². The zero-order valence-corrected chi connectivity index (χ0v) is 28.1. The molecular formula is C37H42FN3O5S. The number of unbranched alkanes of at least 4 members (excludes halogenated alkanes) is 1. The molecule has 1 N–H and O–H groups in total. The average Bonchev–Trinajstić information content (AvgIpc) is 3.06. The first kappa shape index (κ1) is 35.2. The molecule has 0 heterocycles. The summed E-state index contributed by atoms with van der Waals surface area (Å²) in [5, 5.41) is 2.93. The Hall–Kier alpha value is -4.70. The Labute approximate surface area is 277 Å². The fourth-order valence-corrected chi connectivity index (χ4v) is 6.63. The van der Waals surface area contributed by atoms with Crippen molar-refractivity contribution < 1.29 is 27.1 Å². The van der Waals surface area contributed by atoms with E-state index in [1.54, 1.807) is 48.5 Å². The number of rotatable bonds is 15. The van der Waals surface area contributed by atoms with Crippen molar-refractivity contribution in [2.24, 2.45) is 0 Å². The van der Waals surface area contributed by atoms with Crippen LogP contribution < -0.4 is 14.4 Å². The maximum atomic E-state index is 15.1. The molecule has 248 valence electrons. The molecule has 0 aromatic heterocycles. The maximum Gasteiger partial charge on any atom is 0.264 e. The number of aryl methyl sites for hydroxylation is 2. The molecule has 0 aliphatic carbocycles. The molecule has 8 nitrogen and oxygen atoms in total. The smallest absolute Gasteiger partial charge is 0.264 e. The van der Waals surface area contributed by atoms with Gasteiger partial charge in [0, 0.05) is 25.1 Å². The van der Waals surface area contributed by atoms with Crippen LogP contribution in [-0.4, -0.2) is 51.4 Å². The second kappa shape index (κ2) is 16.2. The third kappa shape index (κ3) is 8.98. The van der Waals surface area contributed by atoms with E-state index in [1.165, 1.54) is 30.2 Å². The molecule has 0 spiro atoms.